The minimum absolute atomic E-state index is 0.165. The van der Waals surface area contributed by atoms with Crippen LogP contribution in [0.25, 0.3) is 5.57 Å². The number of ether oxygens (including phenoxy) is 2. The van der Waals surface area contributed by atoms with E-state index in [0.29, 0.717) is 12.2 Å². The molecule has 1 saturated heterocycles. The highest BCUT2D eigenvalue weighted by atomic mass is 16.6. The standard InChI is InChI=1S/C15H17NO4/c1-8(2)9-3-4-10-11(5-9)14(18)16-15(10)20-13-7-19-6-12(13)17/h3-5,12-13,15,17H,1,6-7H2,2H3,(H,16,18). The zero-order valence-corrected chi connectivity index (χ0v) is 11.3. The van der Waals surface area contributed by atoms with Gasteiger partial charge in [0.1, 0.15) is 12.2 Å². The van der Waals surface area contributed by atoms with Crippen LogP contribution in [0.3, 0.4) is 0 Å². The van der Waals surface area contributed by atoms with E-state index in [1.807, 2.05) is 25.1 Å². The summed E-state index contributed by atoms with van der Waals surface area (Å²) in [4.78, 5) is 12.0. The van der Waals surface area contributed by atoms with Gasteiger partial charge in [0, 0.05) is 11.1 Å². The zero-order chi connectivity index (χ0) is 14.3. The average molecular weight is 275 g/mol. The van der Waals surface area contributed by atoms with Gasteiger partial charge in [0.05, 0.1) is 13.2 Å². The molecule has 5 heteroatoms. The van der Waals surface area contributed by atoms with Crippen molar-refractivity contribution in [1.82, 2.24) is 5.32 Å². The van der Waals surface area contributed by atoms with Crippen molar-refractivity contribution in [2.75, 3.05) is 13.2 Å². The van der Waals surface area contributed by atoms with Crippen LogP contribution in [0, 0.1) is 0 Å². The Kier molecular flexibility index (Phi) is 3.33. The molecule has 3 unspecified atom stereocenters. The number of carbonyl (C=O) groups excluding carboxylic acids is 1. The van der Waals surface area contributed by atoms with Gasteiger partial charge in [-0.05, 0) is 18.6 Å². The number of rotatable bonds is 3. The Morgan fingerprint density at radius 3 is 2.95 bits per heavy atom. The summed E-state index contributed by atoms with van der Waals surface area (Å²) in [6.07, 6.45) is -1.59. The molecule has 0 aliphatic carbocycles. The minimum Gasteiger partial charge on any atom is -0.388 e. The van der Waals surface area contributed by atoms with Crippen LogP contribution in [0.5, 0.6) is 0 Å². The van der Waals surface area contributed by atoms with E-state index in [-0.39, 0.29) is 12.5 Å². The molecule has 1 amide bonds. The largest absolute Gasteiger partial charge is 0.388 e. The molecule has 0 aromatic heterocycles. The smallest absolute Gasteiger partial charge is 0.254 e. The van der Waals surface area contributed by atoms with Crippen molar-refractivity contribution < 1.29 is 19.4 Å². The van der Waals surface area contributed by atoms with Crippen LogP contribution >= 0.6 is 0 Å². The van der Waals surface area contributed by atoms with Gasteiger partial charge in [-0.25, -0.2) is 0 Å². The highest BCUT2D eigenvalue weighted by molar-refractivity contribution is 5.99. The van der Waals surface area contributed by atoms with Crippen molar-refractivity contribution >= 4 is 11.5 Å². The number of hydrogen-bond donors (Lipinski definition) is 2. The van der Waals surface area contributed by atoms with E-state index in [2.05, 4.69) is 11.9 Å². The van der Waals surface area contributed by atoms with Gasteiger partial charge in [0.15, 0.2) is 6.23 Å². The lowest BCUT2D eigenvalue weighted by Gasteiger charge is -2.20. The van der Waals surface area contributed by atoms with Crippen LogP contribution in [0.15, 0.2) is 24.8 Å². The van der Waals surface area contributed by atoms with E-state index in [9.17, 15) is 9.90 Å². The van der Waals surface area contributed by atoms with Gasteiger partial charge in [-0.2, -0.15) is 0 Å². The maximum atomic E-state index is 12.0. The fourth-order valence-corrected chi connectivity index (χ4v) is 2.46. The Morgan fingerprint density at radius 2 is 2.30 bits per heavy atom. The molecule has 106 valence electrons. The molecule has 20 heavy (non-hydrogen) atoms. The molecule has 2 aliphatic heterocycles. The third-order valence-electron chi connectivity index (χ3n) is 3.65. The number of nitrogens with one attached hydrogen (secondary N) is 1. The monoisotopic (exact) mass is 275 g/mol. The molecule has 3 atom stereocenters. The van der Waals surface area contributed by atoms with Crippen LogP contribution in [0.4, 0.5) is 0 Å². The molecule has 2 N–H and O–H groups in total. The molecule has 0 spiro atoms. The molecule has 1 aromatic carbocycles. The molecule has 0 bridgehead atoms. The number of fused-ring (bicyclic) bond motifs is 1. The summed E-state index contributed by atoms with van der Waals surface area (Å²) in [5.74, 6) is -0.165. The van der Waals surface area contributed by atoms with Gasteiger partial charge in [-0.3, -0.25) is 4.79 Å². The Labute approximate surface area is 117 Å². The Hall–Kier alpha value is -1.69. The summed E-state index contributed by atoms with van der Waals surface area (Å²) in [6.45, 7) is 6.38. The number of aliphatic hydroxyl groups is 1. The topological polar surface area (TPSA) is 67.8 Å². The second kappa shape index (κ2) is 5.01. The predicted octanol–water partition coefficient (Wildman–Crippen LogP) is 1.24. The van der Waals surface area contributed by atoms with E-state index in [1.165, 1.54) is 0 Å². The molecule has 2 heterocycles. The van der Waals surface area contributed by atoms with E-state index in [1.54, 1.807) is 0 Å². The van der Waals surface area contributed by atoms with Crippen molar-refractivity contribution in [2.45, 2.75) is 25.4 Å². The van der Waals surface area contributed by atoms with Gasteiger partial charge in [-0.1, -0.05) is 24.3 Å². The van der Waals surface area contributed by atoms with Crippen LogP contribution in [-0.2, 0) is 9.47 Å². The van der Waals surface area contributed by atoms with Gasteiger partial charge in [-0.15, -0.1) is 0 Å². The number of carbonyl (C=O) groups is 1. The number of benzene rings is 1. The van der Waals surface area contributed by atoms with Crippen LogP contribution in [-0.4, -0.2) is 36.4 Å². The van der Waals surface area contributed by atoms with E-state index < -0.39 is 18.4 Å². The number of allylic oxidation sites excluding steroid dienone is 1. The fraction of sp³-hybridized carbons (Fsp3) is 0.400. The molecule has 1 aromatic rings. The predicted molar refractivity (Wildman–Crippen MR) is 73.1 cm³/mol. The normalized spacial score (nSPS) is 28.3. The van der Waals surface area contributed by atoms with Crippen molar-refractivity contribution in [3.63, 3.8) is 0 Å². The third-order valence-corrected chi connectivity index (χ3v) is 3.65. The quantitative estimate of drug-likeness (QED) is 0.871. The highest BCUT2D eigenvalue weighted by Crippen LogP contribution is 2.30. The lowest BCUT2D eigenvalue weighted by atomic mass is 10.0. The molecule has 0 saturated carbocycles. The summed E-state index contributed by atoms with van der Waals surface area (Å²) in [7, 11) is 0. The second-order valence-electron chi connectivity index (χ2n) is 5.22. The Morgan fingerprint density at radius 1 is 1.50 bits per heavy atom. The van der Waals surface area contributed by atoms with E-state index >= 15 is 0 Å². The van der Waals surface area contributed by atoms with E-state index in [4.69, 9.17) is 9.47 Å². The molecule has 5 nitrogen and oxygen atoms in total. The van der Waals surface area contributed by atoms with E-state index in [0.717, 1.165) is 16.7 Å². The van der Waals surface area contributed by atoms with Crippen molar-refractivity contribution in [3.8, 4) is 0 Å². The van der Waals surface area contributed by atoms with Gasteiger partial charge in [0.25, 0.3) is 5.91 Å². The number of amides is 1. The lowest BCUT2D eigenvalue weighted by Crippen LogP contribution is -2.32. The highest BCUT2D eigenvalue weighted by Gasteiger charge is 2.35. The molecule has 1 fully saturated rings. The number of hydrogen-bond acceptors (Lipinski definition) is 4. The fourth-order valence-electron chi connectivity index (χ4n) is 2.46. The summed E-state index contributed by atoms with van der Waals surface area (Å²) >= 11 is 0. The maximum Gasteiger partial charge on any atom is 0.254 e. The third kappa shape index (κ3) is 2.24. The molecule has 0 radical (unpaired) electrons. The first-order valence-corrected chi connectivity index (χ1v) is 6.58. The lowest BCUT2D eigenvalue weighted by molar-refractivity contribution is -0.0635. The van der Waals surface area contributed by atoms with Gasteiger partial charge in [0.2, 0.25) is 0 Å². The van der Waals surface area contributed by atoms with Crippen LogP contribution in [0.1, 0.15) is 34.6 Å². The number of aliphatic hydroxyl groups excluding tert-OH is 1. The van der Waals surface area contributed by atoms with Crippen molar-refractivity contribution in [2.24, 2.45) is 0 Å². The van der Waals surface area contributed by atoms with Crippen molar-refractivity contribution in [1.29, 1.82) is 0 Å². The SMILES string of the molecule is C=C(C)c1ccc2c(c1)C(=O)NC2OC1COCC1O. The molecule has 2 aliphatic rings. The first kappa shape index (κ1) is 13.3. The first-order valence-electron chi connectivity index (χ1n) is 6.58. The maximum absolute atomic E-state index is 12.0. The van der Waals surface area contributed by atoms with Gasteiger partial charge >= 0.3 is 0 Å². The molecular weight excluding hydrogens is 258 g/mol. The average Bonchev–Trinajstić information content (AvgIpc) is 2.95. The Balaban J connectivity index is 1.84. The first-order chi connectivity index (χ1) is 9.56. The second-order valence-corrected chi connectivity index (χ2v) is 5.22. The Bertz CT molecular complexity index is 569. The summed E-state index contributed by atoms with van der Waals surface area (Å²) in [5, 5.41) is 12.5. The minimum atomic E-state index is -0.648. The van der Waals surface area contributed by atoms with Crippen LogP contribution in [0.2, 0.25) is 0 Å². The zero-order valence-electron chi connectivity index (χ0n) is 11.3. The van der Waals surface area contributed by atoms with Gasteiger partial charge < -0.3 is 19.9 Å². The summed E-state index contributed by atoms with van der Waals surface area (Å²) in [6, 6.07) is 5.60. The summed E-state index contributed by atoms with van der Waals surface area (Å²) < 4.78 is 10.9. The van der Waals surface area contributed by atoms with Crippen LogP contribution < -0.4 is 5.32 Å². The van der Waals surface area contributed by atoms with Crippen molar-refractivity contribution in [3.05, 3.63) is 41.5 Å². The summed E-state index contributed by atoms with van der Waals surface area (Å²) in [5.41, 5.74) is 3.23. The molecule has 3 rings (SSSR count). The molecular formula is C15H17NO4.